The van der Waals surface area contributed by atoms with Crippen molar-refractivity contribution in [2.24, 2.45) is 0 Å². The fraction of sp³-hybridized carbons (Fsp3) is 0.364. The highest BCUT2D eigenvalue weighted by molar-refractivity contribution is 6.29. The molecule has 152 valence electrons. The van der Waals surface area contributed by atoms with E-state index in [1.807, 2.05) is 30.3 Å². The molecule has 0 saturated carbocycles. The van der Waals surface area contributed by atoms with E-state index >= 15 is 0 Å². The number of likely N-dealkylation sites (tertiary alicyclic amines) is 1. The maximum atomic E-state index is 11.3. The zero-order valence-electron chi connectivity index (χ0n) is 16.0. The zero-order valence-corrected chi connectivity index (χ0v) is 16.0. The van der Waals surface area contributed by atoms with Gasteiger partial charge in [0.1, 0.15) is 18.5 Å². The van der Waals surface area contributed by atoms with Crippen molar-refractivity contribution in [1.82, 2.24) is 4.90 Å². The van der Waals surface area contributed by atoms with E-state index in [0.717, 1.165) is 49.5 Å². The maximum absolute atomic E-state index is 11.3. The minimum absolute atomic E-state index is 0.0218. The molecular weight excluding hydrogens is 374 g/mol. The Labute approximate surface area is 168 Å². The predicted molar refractivity (Wildman–Crippen MR) is 104 cm³/mol. The standard InChI is InChI=1S/C22H23NO6/c24-21(25)22(26)29-17-7-3-5-15(11-17)16-6-4-10-23(12-16)13-18-14-27-19-8-1-2-9-20(19)28-18/h1-3,5,7-9,11,16,18H,4,6,10,12-14H2,(H,24,25)/t16-,18-/m0/s1. The van der Waals surface area contributed by atoms with Gasteiger partial charge in [-0.3, -0.25) is 4.90 Å². The molecule has 2 aromatic carbocycles. The number of benzene rings is 2. The van der Waals surface area contributed by atoms with Crippen LogP contribution in [0.2, 0.25) is 0 Å². The highest BCUT2D eigenvalue weighted by atomic mass is 16.6. The Morgan fingerprint density at radius 1 is 1.14 bits per heavy atom. The fourth-order valence-electron chi connectivity index (χ4n) is 3.92. The summed E-state index contributed by atoms with van der Waals surface area (Å²) in [5, 5.41) is 8.71. The summed E-state index contributed by atoms with van der Waals surface area (Å²) in [6.07, 6.45) is 2.05. The van der Waals surface area contributed by atoms with Gasteiger partial charge in [0.15, 0.2) is 11.5 Å². The van der Waals surface area contributed by atoms with Crippen LogP contribution in [0.4, 0.5) is 0 Å². The SMILES string of the molecule is O=C(O)C(=O)Oc1cccc([C@H]2CCCN(C[C@H]3COc4ccccc4O3)C2)c1. The van der Waals surface area contributed by atoms with Gasteiger partial charge in [0, 0.05) is 13.1 Å². The molecular formula is C22H23NO6. The lowest BCUT2D eigenvalue weighted by Gasteiger charge is -2.36. The molecule has 1 N–H and O–H groups in total. The van der Waals surface area contributed by atoms with Crippen LogP contribution >= 0.6 is 0 Å². The number of carboxylic acids is 1. The van der Waals surface area contributed by atoms with Crippen LogP contribution in [-0.2, 0) is 9.59 Å². The Balaban J connectivity index is 1.38. The number of ether oxygens (including phenoxy) is 3. The molecule has 2 aliphatic rings. The highest BCUT2D eigenvalue weighted by Gasteiger charge is 2.27. The number of rotatable bonds is 4. The second-order valence-electron chi connectivity index (χ2n) is 7.36. The van der Waals surface area contributed by atoms with Crippen LogP contribution in [-0.4, -0.2) is 54.3 Å². The Kier molecular flexibility index (Phi) is 5.67. The van der Waals surface area contributed by atoms with Gasteiger partial charge < -0.3 is 19.3 Å². The minimum atomic E-state index is -1.60. The lowest BCUT2D eigenvalue weighted by molar-refractivity contribution is -0.158. The third-order valence-electron chi connectivity index (χ3n) is 5.25. The molecule has 0 aromatic heterocycles. The molecule has 0 aliphatic carbocycles. The third-order valence-corrected chi connectivity index (χ3v) is 5.25. The molecule has 2 aromatic rings. The summed E-state index contributed by atoms with van der Waals surface area (Å²) in [6, 6.07) is 14.8. The molecule has 7 nitrogen and oxygen atoms in total. The normalized spacial score (nSPS) is 21.4. The van der Waals surface area contributed by atoms with Crippen molar-refractivity contribution >= 4 is 11.9 Å². The van der Waals surface area contributed by atoms with Crippen molar-refractivity contribution in [3.63, 3.8) is 0 Å². The van der Waals surface area contributed by atoms with Crippen LogP contribution in [0.1, 0.15) is 24.3 Å². The Morgan fingerprint density at radius 2 is 1.97 bits per heavy atom. The predicted octanol–water partition coefficient (Wildman–Crippen LogP) is 2.70. The molecule has 1 fully saturated rings. The number of carbonyl (C=O) groups is 2. The Morgan fingerprint density at radius 3 is 2.79 bits per heavy atom. The Bertz CT molecular complexity index is 898. The van der Waals surface area contributed by atoms with E-state index in [1.165, 1.54) is 0 Å². The number of fused-ring (bicyclic) bond motifs is 1. The minimum Gasteiger partial charge on any atom is -0.486 e. The van der Waals surface area contributed by atoms with Gasteiger partial charge in [0.2, 0.25) is 0 Å². The van der Waals surface area contributed by atoms with Gasteiger partial charge in [-0.05, 0) is 55.1 Å². The van der Waals surface area contributed by atoms with Crippen molar-refractivity contribution in [2.75, 3.05) is 26.2 Å². The van der Waals surface area contributed by atoms with Crippen molar-refractivity contribution in [3.05, 3.63) is 54.1 Å². The van der Waals surface area contributed by atoms with Crippen LogP contribution in [0.3, 0.4) is 0 Å². The number of nitrogens with zero attached hydrogens (tertiary/aromatic N) is 1. The summed E-state index contributed by atoms with van der Waals surface area (Å²) >= 11 is 0. The molecule has 2 atom stereocenters. The zero-order chi connectivity index (χ0) is 20.2. The highest BCUT2D eigenvalue weighted by Crippen LogP contribution is 2.33. The van der Waals surface area contributed by atoms with Crippen molar-refractivity contribution in [3.8, 4) is 17.2 Å². The molecule has 7 heteroatoms. The van der Waals surface area contributed by atoms with Crippen LogP contribution in [0.15, 0.2) is 48.5 Å². The number of carbonyl (C=O) groups excluding carboxylic acids is 1. The number of aliphatic carboxylic acids is 1. The lowest BCUT2D eigenvalue weighted by Crippen LogP contribution is -2.44. The van der Waals surface area contributed by atoms with Crippen LogP contribution in [0.5, 0.6) is 17.2 Å². The number of esters is 1. The Hall–Kier alpha value is -3.06. The number of piperidine rings is 1. The van der Waals surface area contributed by atoms with Gasteiger partial charge in [0.05, 0.1) is 0 Å². The average Bonchev–Trinajstić information content (AvgIpc) is 2.74. The van der Waals surface area contributed by atoms with Gasteiger partial charge in [-0.25, -0.2) is 9.59 Å². The second kappa shape index (κ2) is 8.53. The fourth-order valence-corrected chi connectivity index (χ4v) is 3.92. The summed E-state index contributed by atoms with van der Waals surface area (Å²) in [5.74, 6) is -0.771. The van der Waals surface area contributed by atoms with Gasteiger partial charge in [-0.15, -0.1) is 0 Å². The lowest BCUT2D eigenvalue weighted by atomic mass is 9.90. The quantitative estimate of drug-likeness (QED) is 0.482. The van der Waals surface area contributed by atoms with Gasteiger partial charge in [0.25, 0.3) is 0 Å². The monoisotopic (exact) mass is 397 g/mol. The van der Waals surface area contributed by atoms with E-state index in [4.69, 9.17) is 19.3 Å². The van der Waals surface area contributed by atoms with E-state index < -0.39 is 11.9 Å². The topological polar surface area (TPSA) is 85.3 Å². The van der Waals surface area contributed by atoms with Crippen LogP contribution in [0, 0.1) is 0 Å². The van der Waals surface area contributed by atoms with E-state index in [0.29, 0.717) is 6.61 Å². The number of carboxylic acid groups (broad SMARTS) is 1. The summed E-state index contributed by atoms with van der Waals surface area (Å²) < 4.78 is 16.8. The number of hydrogen-bond donors (Lipinski definition) is 1. The van der Waals surface area contributed by atoms with Crippen molar-refractivity contribution in [1.29, 1.82) is 0 Å². The molecule has 29 heavy (non-hydrogen) atoms. The molecule has 0 bridgehead atoms. The number of para-hydroxylation sites is 2. The van der Waals surface area contributed by atoms with Gasteiger partial charge in [-0.1, -0.05) is 24.3 Å². The van der Waals surface area contributed by atoms with Gasteiger partial charge in [-0.2, -0.15) is 0 Å². The first-order valence-electron chi connectivity index (χ1n) is 9.74. The summed E-state index contributed by atoms with van der Waals surface area (Å²) in [6.45, 7) is 3.15. The molecule has 0 spiro atoms. The van der Waals surface area contributed by atoms with Crippen LogP contribution in [0.25, 0.3) is 0 Å². The molecule has 1 saturated heterocycles. The smallest absolute Gasteiger partial charge is 0.422 e. The maximum Gasteiger partial charge on any atom is 0.422 e. The van der Waals surface area contributed by atoms with E-state index in [9.17, 15) is 9.59 Å². The second-order valence-corrected chi connectivity index (χ2v) is 7.36. The average molecular weight is 397 g/mol. The van der Waals surface area contributed by atoms with Crippen LogP contribution < -0.4 is 14.2 Å². The largest absolute Gasteiger partial charge is 0.486 e. The molecule has 2 heterocycles. The van der Waals surface area contributed by atoms with E-state index in [1.54, 1.807) is 18.2 Å². The summed E-state index contributed by atoms with van der Waals surface area (Å²) in [4.78, 5) is 24.4. The van der Waals surface area contributed by atoms with Crippen molar-refractivity contribution in [2.45, 2.75) is 24.9 Å². The number of hydrogen-bond acceptors (Lipinski definition) is 6. The van der Waals surface area contributed by atoms with Gasteiger partial charge >= 0.3 is 11.9 Å². The first-order chi connectivity index (χ1) is 14.1. The van der Waals surface area contributed by atoms with E-state index in [-0.39, 0.29) is 17.8 Å². The van der Waals surface area contributed by atoms with E-state index in [2.05, 4.69) is 4.90 Å². The third kappa shape index (κ3) is 4.68. The molecule has 2 aliphatic heterocycles. The first-order valence-corrected chi connectivity index (χ1v) is 9.74. The van der Waals surface area contributed by atoms with Crippen molar-refractivity contribution < 1.29 is 28.9 Å². The molecule has 0 amide bonds. The summed E-state index contributed by atoms with van der Waals surface area (Å²) in [5.41, 5.74) is 1.04. The molecule has 4 rings (SSSR count). The first kappa shape index (κ1) is 19.3. The molecule has 0 unspecified atom stereocenters. The molecule has 0 radical (unpaired) electrons. The summed E-state index contributed by atoms with van der Waals surface area (Å²) in [7, 11) is 0.